The Morgan fingerprint density at radius 3 is 0.618 bits per heavy atom. The molecule has 0 amide bonds. The number of aliphatic hydroxyl groups is 4. The molecule has 1 aliphatic heterocycles. The van der Waals surface area contributed by atoms with E-state index in [2.05, 4.69) is 193 Å². The number of esters is 4. The molecule has 628 valence electrons. The highest BCUT2D eigenvalue weighted by Gasteiger charge is 2.23. The lowest BCUT2D eigenvalue weighted by atomic mass is 10.1. The van der Waals surface area contributed by atoms with Crippen molar-refractivity contribution < 1.29 is 58.6 Å². The third-order valence-corrected chi connectivity index (χ3v) is 19.1. The first kappa shape index (κ1) is 102. The molecule has 16 nitrogen and oxygen atoms in total. The van der Waals surface area contributed by atoms with Crippen LogP contribution in [-0.2, 0) is 38.1 Å². The van der Waals surface area contributed by atoms with Gasteiger partial charge in [-0.05, 0) is 193 Å². The van der Waals surface area contributed by atoms with Crippen LogP contribution >= 0.6 is 0 Å². The number of hydrogen-bond acceptors (Lipinski definition) is 16. The third kappa shape index (κ3) is 72.7. The highest BCUT2D eigenvalue weighted by molar-refractivity contribution is 5.70. The Morgan fingerprint density at radius 1 is 0.245 bits per heavy atom. The molecular formula is C94H160N4O12. The summed E-state index contributed by atoms with van der Waals surface area (Å²) in [6.07, 6.45) is 87.8. The predicted molar refractivity (Wildman–Crippen MR) is 460 cm³/mol. The van der Waals surface area contributed by atoms with Gasteiger partial charge in [0, 0.05) is 78.0 Å². The topological polar surface area (TPSA) is 199 Å². The molecule has 4 N–H and O–H groups in total. The Morgan fingerprint density at radius 2 is 0.418 bits per heavy atom. The van der Waals surface area contributed by atoms with E-state index in [9.17, 15) is 39.6 Å². The molecule has 110 heavy (non-hydrogen) atoms. The summed E-state index contributed by atoms with van der Waals surface area (Å²) >= 11 is 0. The standard InChI is InChI=1S/C94H160N4O12/c1-5-9-13-17-21-25-29-33-37-41-45-49-53-57-61-67-91(103)107-83-87(99)79-95-71-65-72-97(81-89(101)85-109-93(105)69-63-59-55-51-47-43-39-35-31-27-23-19-15-11-7-3)77-78-98(82-90(102)86-110-94(106)70-64-60-56-52-48-44-40-36-32-28-24-20-16-12-8-4)74-66-73-96(76-75-95)80-88(100)84-108-92(104)68-62-58-54-50-46-42-38-34-30-26-22-18-14-10-6-2/h9-16,21-28,33-40,87-90,99-102H,5-8,17-20,29-32,41-86H2,1-4H3/b13-9-,14-10-,15-11-,16-12-,25-21-,26-22-,27-23-,28-24-,37-33-,38-34-,39-35-,40-36-. The van der Waals surface area contributed by atoms with Gasteiger partial charge in [0.25, 0.3) is 0 Å². The number of carbonyl (C=O) groups excluding carboxylic acids is 4. The molecule has 4 atom stereocenters. The minimum atomic E-state index is -0.949. The Balaban J connectivity index is 3.12. The van der Waals surface area contributed by atoms with E-state index in [1.54, 1.807) is 0 Å². The van der Waals surface area contributed by atoms with Gasteiger partial charge in [-0.15, -0.1) is 0 Å². The van der Waals surface area contributed by atoms with Crippen LogP contribution in [0.4, 0.5) is 0 Å². The Kier molecular flexibility index (Phi) is 74.6. The largest absolute Gasteiger partial charge is 0.463 e. The van der Waals surface area contributed by atoms with Crippen molar-refractivity contribution >= 4 is 23.9 Å². The van der Waals surface area contributed by atoms with Crippen LogP contribution < -0.4 is 0 Å². The number of allylic oxidation sites excluding steroid dienone is 24. The average molecular weight is 1540 g/mol. The van der Waals surface area contributed by atoms with Gasteiger partial charge in [-0.1, -0.05) is 251 Å². The SMILES string of the molecule is CC/C=C\C/C=C\C/C=C\CCCCCCCC(=O)OCC(O)CN1CCCN(CC(O)COC(=O)CCCCCCC/C=C\C/C=C\C/C=C\CC)CCN(CC(O)COC(=O)CCCCCCC/C=C\C/C=C\C/C=C\CC)CCCN(CC(O)COC(=O)CCCCCCC/C=C\C/C=C\C/C=C\CC)CC1. The molecule has 1 rings (SSSR count). The minimum Gasteiger partial charge on any atom is -0.463 e. The van der Waals surface area contributed by atoms with E-state index in [4.69, 9.17) is 18.9 Å². The number of β-amino-alcohol motifs (C(OH)–C–C–N with tert-alkyl or cyclic N) is 4. The van der Waals surface area contributed by atoms with Crippen molar-refractivity contribution in [3.8, 4) is 0 Å². The number of unbranched alkanes of at least 4 members (excludes halogenated alkanes) is 20. The van der Waals surface area contributed by atoms with Gasteiger partial charge in [-0.25, -0.2) is 0 Å². The monoisotopic (exact) mass is 1540 g/mol. The van der Waals surface area contributed by atoms with Crippen molar-refractivity contribution in [2.45, 2.75) is 322 Å². The maximum Gasteiger partial charge on any atom is 0.305 e. The first-order valence-electron chi connectivity index (χ1n) is 43.9. The summed E-state index contributed by atoms with van der Waals surface area (Å²) in [5.41, 5.74) is 0. The lowest BCUT2D eigenvalue weighted by molar-refractivity contribution is -0.148. The van der Waals surface area contributed by atoms with Crippen LogP contribution in [0.25, 0.3) is 0 Å². The number of carbonyl (C=O) groups is 4. The molecule has 0 aliphatic carbocycles. The van der Waals surface area contributed by atoms with Gasteiger partial charge in [0.2, 0.25) is 0 Å². The van der Waals surface area contributed by atoms with Gasteiger partial charge >= 0.3 is 23.9 Å². The van der Waals surface area contributed by atoms with Crippen LogP contribution in [0.3, 0.4) is 0 Å². The van der Waals surface area contributed by atoms with E-state index in [1.807, 2.05) is 0 Å². The van der Waals surface area contributed by atoms with Crippen molar-refractivity contribution in [3.63, 3.8) is 0 Å². The molecule has 1 saturated heterocycles. The Hall–Kier alpha value is -5.56. The molecule has 0 aromatic carbocycles. The van der Waals surface area contributed by atoms with Gasteiger partial charge in [-0.2, -0.15) is 0 Å². The normalized spacial score (nSPS) is 16.1. The molecule has 0 spiro atoms. The number of hydrogen-bond donors (Lipinski definition) is 4. The van der Waals surface area contributed by atoms with E-state index in [1.165, 1.54) is 0 Å². The first-order valence-corrected chi connectivity index (χ1v) is 43.9. The smallest absolute Gasteiger partial charge is 0.305 e. The lowest BCUT2D eigenvalue weighted by Crippen LogP contribution is -2.47. The highest BCUT2D eigenvalue weighted by Crippen LogP contribution is 2.16. The summed E-state index contributed by atoms with van der Waals surface area (Å²) in [6, 6.07) is 0. The second-order valence-corrected chi connectivity index (χ2v) is 29.7. The fourth-order valence-corrected chi connectivity index (χ4v) is 12.8. The Bertz CT molecular complexity index is 2200. The zero-order chi connectivity index (χ0) is 79.7. The highest BCUT2D eigenvalue weighted by atomic mass is 16.6. The third-order valence-electron chi connectivity index (χ3n) is 19.1. The van der Waals surface area contributed by atoms with Crippen molar-refractivity contribution in [1.82, 2.24) is 19.6 Å². The van der Waals surface area contributed by atoms with Crippen LogP contribution in [0.2, 0.25) is 0 Å². The lowest BCUT2D eigenvalue weighted by Gasteiger charge is -2.34. The van der Waals surface area contributed by atoms with Gasteiger partial charge < -0.3 is 39.4 Å². The molecule has 16 heteroatoms. The van der Waals surface area contributed by atoms with Gasteiger partial charge in [-0.3, -0.25) is 38.8 Å². The van der Waals surface area contributed by atoms with E-state index in [0.29, 0.717) is 90.9 Å². The molecule has 1 heterocycles. The van der Waals surface area contributed by atoms with Crippen LogP contribution in [0.15, 0.2) is 146 Å². The van der Waals surface area contributed by atoms with E-state index in [0.717, 1.165) is 231 Å². The summed E-state index contributed by atoms with van der Waals surface area (Å²) in [5, 5.41) is 46.0. The number of rotatable bonds is 68. The van der Waals surface area contributed by atoms with E-state index >= 15 is 0 Å². The predicted octanol–water partition coefficient (Wildman–Crippen LogP) is 20.0. The molecule has 0 radical (unpaired) electrons. The molecule has 1 aliphatic rings. The molecule has 0 aromatic heterocycles. The van der Waals surface area contributed by atoms with Crippen LogP contribution in [-0.4, -0.2) is 193 Å². The maximum absolute atomic E-state index is 13.0. The fourth-order valence-electron chi connectivity index (χ4n) is 12.8. The first-order chi connectivity index (χ1) is 53.9. The van der Waals surface area contributed by atoms with Crippen molar-refractivity contribution in [2.75, 3.05) is 105 Å². The van der Waals surface area contributed by atoms with Gasteiger partial charge in [0.15, 0.2) is 0 Å². The second kappa shape index (κ2) is 80.1. The molecule has 0 saturated carbocycles. The number of ether oxygens (including phenoxy) is 4. The summed E-state index contributed by atoms with van der Waals surface area (Å²) in [7, 11) is 0. The van der Waals surface area contributed by atoms with Gasteiger partial charge in [0.1, 0.15) is 50.8 Å². The van der Waals surface area contributed by atoms with Crippen molar-refractivity contribution in [2.24, 2.45) is 0 Å². The van der Waals surface area contributed by atoms with E-state index in [-0.39, 0.29) is 76.5 Å². The zero-order valence-electron chi connectivity index (χ0n) is 70.0. The summed E-state index contributed by atoms with van der Waals surface area (Å²) in [4.78, 5) is 60.6. The zero-order valence-corrected chi connectivity index (χ0v) is 70.0. The molecule has 0 aromatic rings. The number of aliphatic hydroxyl groups excluding tert-OH is 4. The summed E-state index contributed by atoms with van der Waals surface area (Å²) in [6.45, 7) is 13.3. The fraction of sp³-hybridized carbons (Fsp3) is 0.702. The van der Waals surface area contributed by atoms with E-state index < -0.39 is 24.4 Å². The molecule has 0 bridgehead atoms. The minimum absolute atomic E-state index is 0.130. The Labute approximate surface area is 671 Å². The van der Waals surface area contributed by atoms with Crippen molar-refractivity contribution in [3.05, 3.63) is 146 Å². The molecular weight excluding hydrogens is 1380 g/mol. The van der Waals surface area contributed by atoms with Crippen LogP contribution in [0.1, 0.15) is 297 Å². The maximum atomic E-state index is 13.0. The van der Waals surface area contributed by atoms with Crippen molar-refractivity contribution in [1.29, 1.82) is 0 Å². The summed E-state index contributed by atoms with van der Waals surface area (Å²) in [5.74, 6) is -1.27. The average Bonchev–Trinajstić information content (AvgIpc) is 0.908. The second-order valence-electron chi connectivity index (χ2n) is 29.7. The quantitative estimate of drug-likeness (QED) is 0.0194. The van der Waals surface area contributed by atoms with Crippen LogP contribution in [0, 0.1) is 0 Å². The summed E-state index contributed by atoms with van der Waals surface area (Å²) < 4.78 is 22.6. The van der Waals surface area contributed by atoms with Gasteiger partial charge in [0.05, 0.1) is 0 Å². The molecule has 1 fully saturated rings. The number of nitrogens with zero attached hydrogens (tertiary/aromatic N) is 4. The van der Waals surface area contributed by atoms with Crippen LogP contribution in [0.5, 0.6) is 0 Å². The molecule has 4 unspecified atom stereocenters.